The lowest BCUT2D eigenvalue weighted by Crippen LogP contribution is -2.40. The third-order valence-corrected chi connectivity index (χ3v) is 1.96. The summed E-state index contributed by atoms with van der Waals surface area (Å²) in [6.07, 6.45) is 1.37. The van der Waals surface area contributed by atoms with Crippen LogP contribution < -0.4 is 4.72 Å². The van der Waals surface area contributed by atoms with Crippen LogP contribution in [0.15, 0.2) is 0 Å². The molecule has 5 nitrogen and oxygen atoms in total. The standard InChI is InChI=1S/C6H13NO4S/c1-4-5(6(8)11-2)7-12(3,9)10/h5,7H,4H2,1-3H3/t5-/m0/s1. The highest BCUT2D eigenvalue weighted by Gasteiger charge is 2.20. The number of ether oxygens (including phenoxy) is 1. The van der Waals surface area contributed by atoms with E-state index in [9.17, 15) is 13.2 Å². The third-order valence-electron chi connectivity index (χ3n) is 1.25. The van der Waals surface area contributed by atoms with E-state index in [1.54, 1.807) is 6.92 Å². The van der Waals surface area contributed by atoms with Crippen molar-refractivity contribution >= 4 is 16.0 Å². The van der Waals surface area contributed by atoms with Crippen LogP contribution in [-0.2, 0) is 19.6 Å². The minimum absolute atomic E-state index is 0.375. The molecule has 0 fully saturated rings. The van der Waals surface area contributed by atoms with Crippen molar-refractivity contribution < 1.29 is 17.9 Å². The third kappa shape index (κ3) is 4.30. The fourth-order valence-corrected chi connectivity index (χ4v) is 1.48. The number of carbonyl (C=O) groups is 1. The molecule has 0 unspecified atom stereocenters. The number of nitrogens with one attached hydrogen (secondary N) is 1. The summed E-state index contributed by atoms with van der Waals surface area (Å²) in [6, 6.07) is -0.773. The molecule has 0 heterocycles. The van der Waals surface area contributed by atoms with Crippen LogP contribution in [-0.4, -0.2) is 33.8 Å². The lowest BCUT2D eigenvalue weighted by Gasteiger charge is -2.11. The van der Waals surface area contributed by atoms with Gasteiger partial charge in [0, 0.05) is 0 Å². The first-order valence-electron chi connectivity index (χ1n) is 3.45. The average molecular weight is 195 g/mol. The fourth-order valence-electron chi connectivity index (χ4n) is 0.699. The number of carbonyl (C=O) groups excluding carboxylic acids is 1. The predicted molar refractivity (Wildman–Crippen MR) is 44.1 cm³/mol. The van der Waals surface area contributed by atoms with Gasteiger partial charge in [0.15, 0.2) is 0 Å². The number of esters is 1. The molecule has 0 rings (SSSR count). The molecule has 0 bridgehead atoms. The zero-order valence-corrected chi connectivity index (χ0v) is 8.14. The molecule has 1 atom stereocenters. The molecule has 0 aromatic carbocycles. The highest BCUT2D eigenvalue weighted by atomic mass is 32.2. The van der Waals surface area contributed by atoms with Crippen molar-refractivity contribution in [2.24, 2.45) is 0 Å². The van der Waals surface area contributed by atoms with Crippen molar-refractivity contribution in [2.45, 2.75) is 19.4 Å². The number of hydrogen-bond acceptors (Lipinski definition) is 4. The maximum atomic E-state index is 10.9. The van der Waals surface area contributed by atoms with E-state index in [0.29, 0.717) is 6.42 Å². The minimum atomic E-state index is -3.34. The van der Waals surface area contributed by atoms with E-state index in [2.05, 4.69) is 9.46 Å². The summed E-state index contributed by atoms with van der Waals surface area (Å²) >= 11 is 0. The lowest BCUT2D eigenvalue weighted by atomic mass is 10.2. The Morgan fingerprint density at radius 1 is 1.58 bits per heavy atom. The largest absolute Gasteiger partial charge is 0.468 e. The molecular weight excluding hydrogens is 182 g/mol. The molecule has 0 saturated heterocycles. The maximum Gasteiger partial charge on any atom is 0.323 e. The smallest absolute Gasteiger partial charge is 0.323 e. The van der Waals surface area contributed by atoms with Gasteiger partial charge in [0.05, 0.1) is 13.4 Å². The van der Waals surface area contributed by atoms with Crippen molar-refractivity contribution in [1.29, 1.82) is 0 Å². The van der Waals surface area contributed by atoms with E-state index >= 15 is 0 Å². The van der Waals surface area contributed by atoms with Gasteiger partial charge in [0.1, 0.15) is 6.04 Å². The van der Waals surface area contributed by atoms with Crippen molar-refractivity contribution in [3.8, 4) is 0 Å². The Labute approximate surface area is 72.1 Å². The minimum Gasteiger partial charge on any atom is -0.468 e. The molecule has 0 aliphatic carbocycles. The molecule has 0 aromatic rings. The molecule has 0 amide bonds. The van der Waals surface area contributed by atoms with Crippen LogP contribution in [0.4, 0.5) is 0 Å². The molecule has 1 N–H and O–H groups in total. The van der Waals surface area contributed by atoms with Crippen LogP contribution in [0.3, 0.4) is 0 Å². The highest BCUT2D eigenvalue weighted by Crippen LogP contribution is 1.95. The Bertz CT molecular complexity index is 246. The first kappa shape index (κ1) is 11.4. The Kier molecular flexibility index (Phi) is 4.19. The second-order valence-corrected chi connectivity index (χ2v) is 4.15. The molecule has 0 spiro atoms. The molecule has 0 aromatic heterocycles. The van der Waals surface area contributed by atoms with Crippen LogP contribution >= 0.6 is 0 Å². The van der Waals surface area contributed by atoms with Gasteiger partial charge in [-0.1, -0.05) is 6.92 Å². The van der Waals surface area contributed by atoms with Crippen molar-refractivity contribution in [1.82, 2.24) is 4.72 Å². The number of sulfonamides is 1. The van der Waals surface area contributed by atoms with E-state index in [-0.39, 0.29) is 0 Å². The summed E-state index contributed by atoms with van der Waals surface area (Å²) in [7, 11) is -2.12. The first-order chi connectivity index (χ1) is 5.40. The maximum absolute atomic E-state index is 10.9. The first-order valence-corrected chi connectivity index (χ1v) is 5.35. The second kappa shape index (κ2) is 4.42. The summed E-state index contributed by atoms with van der Waals surface area (Å²) < 4.78 is 27.9. The normalized spacial score (nSPS) is 13.9. The SMILES string of the molecule is CC[C@H](NS(C)(=O)=O)C(=O)OC. The molecule has 0 aliphatic heterocycles. The monoisotopic (exact) mass is 195 g/mol. The number of rotatable bonds is 4. The van der Waals surface area contributed by atoms with Gasteiger partial charge in [0.25, 0.3) is 0 Å². The van der Waals surface area contributed by atoms with Crippen LogP contribution in [0, 0.1) is 0 Å². The van der Waals surface area contributed by atoms with Crippen molar-refractivity contribution in [3.63, 3.8) is 0 Å². The van der Waals surface area contributed by atoms with Gasteiger partial charge in [-0.15, -0.1) is 0 Å². The van der Waals surface area contributed by atoms with E-state index in [4.69, 9.17) is 0 Å². The average Bonchev–Trinajstić information content (AvgIpc) is 1.97. The van der Waals surface area contributed by atoms with Gasteiger partial charge in [-0.3, -0.25) is 4.79 Å². The summed E-state index contributed by atoms with van der Waals surface area (Å²) in [6.45, 7) is 1.69. The van der Waals surface area contributed by atoms with Gasteiger partial charge in [0.2, 0.25) is 10.0 Å². The Morgan fingerprint density at radius 3 is 2.33 bits per heavy atom. The molecule has 0 saturated carbocycles. The van der Waals surface area contributed by atoms with Gasteiger partial charge >= 0.3 is 5.97 Å². The van der Waals surface area contributed by atoms with Gasteiger partial charge < -0.3 is 4.74 Å². The lowest BCUT2D eigenvalue weighted by molar-refractivity contribution is -0.142. The van der Waals surface area contributed by atoms with Crippen LogP contribution in [0.2, 0.25) is 0 Å². The molecule has 0 radical (unpaired) electrons. The zero-order chi connectivity index (χ0) is 9.78. The van der Waals surface area contributed by atoms with Crippen LogP contribution in [0.5, 0.6) is 0 Å². The van der Waals surface area contributed by atoms with Crippen molar-refractivity contribution in [2.75, 3.05) is 13.4 Å². The fraction of sp³-hybridized carbons (Fsp3) is 0.833. The van der Waals surface area contributed by atoms with E-state index < -0.39 is 22.0 Å². The topological polar surface area (TPSA) is 72.5 Å². The Morgan fingerprint density at radius 2 is 2.08 bits per heavy atom. The molecule has 72 valence electrons. The van der Waals surface area contributed by atoms with Crippen LogP contribution in [0.1, 0.15) is 13.3 Å². The number of hydrogen-bond donors (Lipinski definition) is 1. The molecular formula is C6H13NO4S. The quantitative estimate of drug-likeness (QED) is 0.613. The Balaban J connectivity index is 4.29. The van der Waals surface area contributed by atoms with Gasteiger partial charge in [-0.25, -0.2) is 13.1 Å². The van der Waals surface area contributed by atoms with Gasteiger partial charge in [-0.2, -0.15) is 0 Å². The van der Waals surface area contributed by atoms with E-state index in [0.717, 1.165) is 6.26 Å². The number of methoxy groups -OCH3 is 1. The molecule has 12 heavy (non-hydrogen) atoms. The van der Waals surface area contributed by atoms with Gasteiger partial charge in [-0.05, 0) is 6.42 Å². The molecule has 0 aliphatic rings. The predicted octanol–water partition coefficient (Wildman–Crippen LogP) is -0.513. The van der Waals surface area contributed by atoms with E-state index in [1.165, 1.54) is 7.11 Å². The summed E-state index contributed by atoms with van der Waals surface area (Å²) in [5.74, 6) is -0.567. The van der Waals surface area contributed by atoms with E-state index in [1.807, 2.05) is 0 Å². The van der Waals surface area contributed by atoms with Crippen molar-refractivity contribution in [3.05, 3.63) is 0 Å². The second-order valence-electron chi connectivity index (χ2n) is 2.37. The summed E-state index contributed by atoms with van der Waals surface area (Å²) in [4.78, 5) is 10.9. The summed E-state index contributed by atoms with van der Waals surface area (Å²) in [5.41, 5.74) is 0. The van der Waals surface area contributed by atoms with Crippen LogP contribution in [0.25, 0.3) is 0 Å². The molecule has 6 heteroatoms. The Hall–Kier alpha value is -0.620. The highest BCUT2D eigenvalue weighted by molar-refractivity contribution is 7.88. The summed E-state index contributed by atoms with van der Waals surface area (Å²) in [5, 5.41) is 0. The zero-order valence-electron chi connectivity index (χ0n) is 7.33.